The molecule has 3 nitrogen and oxygen atoms in total. The fourth-order valence-corrected chi connectivity index (χ4v) is 7.03. The third-order valence-corrected chi connectivity index (χ3v) is 9.44. The van der Waals surface area contributed by atoms with Gasteiger partial charge in [0, 0.05) is 42.8 Å². The number of fused-ring (bicyclic) bond motifs is 2. The number of aldehydes is 1. The first-order chi connectivity index (χ1) is 19.3. The average Bonchev–Trinajstić information content (AvgIpc) is 3.61. The monoisotopic (exact) mass is 532 g/mol. The van der Waals surface area contributed by atoms with Gasteiger partial charge in [0.05, 0.1) is 0 Å². The highest BCUT2D eigenvalue weighted by molar-refractivity contribution is 5.75. The average molecular weight is 533 g/mol. The molecule has 2 aliphatic carbocycles. The molecule has 3 heteroatoms. The van der Waals surface area contributed by atoms with Crippen molar-refractivity contribution in [1.82, 2.24) is 4.90 Å². The van der Waals surface area contributed by atoms with E-state index in [2.05, 4.69) is 104 Å². The summed E-state index contributed by atoms with van der Waals surface area (Å²) in [6, 6.07) is 24.1. The van der Waals surface area contributed by atoms with Crippen LogP contribution >= 0.6 is 0 Å². The minimum atomic E-state index is 0.0480. The second kappa shape index (κ2) is 12.0. The highest BCUT2D eigenvalue weighted by Gasteiger charge is 2.43. The van der Waals surface area contributed by atoms with Gasteiger partial charge in [-0.25, -0.2) is 0 Å². The highest BCUT2D eigenvalue weighted by Crippen LogP contribution is 2.48. The summed E-state index contributed by atoms with van der Waals surface area (Å²) in [5.74, 6) is 1.22. The predicted molar refractivity (Wildman–Crippen MR) is 170 cm³/mol. The molecule has 40 heavy (non-hydrogen) atoms. The minimum absolute atomic E-state index is 0.0480. The van der Waals surface area contributed by atoms with Crippen molar-refractivity contribution in [3.63, 3.8) is 0 Å². The summed E-state index contributed by atoms with van der Waals surface area (Å²) in [6.07, 6.45) is 10.5. The zero-order valence-electron chi connectivity index (χ0n) is 24.6. The van der Waals surface area contributed by atoms with Crippen LogP contribution in [-0.2, 0) is 5.41 Å². The lowest BCUT2D eigenvalue weighted by molar-refractivity contribution is 0.112. The van der Waals surface area contributed by atoms with Crippen LogP contribution < -0.4 is 5.32 Å². The smallest absolute Gasteiger partial charge is 0.150 e. The maximum atomic E-state index is 11.0. The van der Waals surface area contributed by atoms with E-state index < -0.39 is 0 Å². The summed E-state index contributed by atoms with van der Waals surface area (Å²) < 4.78 is 0. The van der Waals surface area contributed by atoms with Crippen molar-refractivity contribution in [2.45, 2.75) is 69.7 Å². The predicted octanol–water partition coefficient (Wildman–Crippen LogP) is 8.52. The van der Waals surface area contributed by atoms with Crippen molar-refractivity contribution in [1.29, 1.82) is 0 Å². The number of anilines is 1. The number of likely N-dealkylation sites (tertiary alicyclic amines) is 1. The van der Waals surface area contributed by atoms with Gasteiger partial charge in [0.15, 0.2) is 0 Å². The third kappa shape index (κ3) is 5.58. The van der Waals surface area contributed by atoms with Gasteiger partial charge in [-0.3, -0.25) is 9.69 Å². The number of allylic oxidation sites excluding steroid dienone is 1. The third-order valence-electron chi connectivity index (χ3n) is 9.44. The van der Waals surface area contributed by atoms with Crippen molar-refractivity contribution in [3.05, 3.63) is 118 Å². The van der Waals surface area contributed by atoms with Gasteiger partial charge in [0.2, 0.25) is 0 Å². The van der Waals surface area contributed by atoms with E-state index >= 15 is 0 Å². The largest absolute Gasteiger partial charge is 0.388 e. The van der Waals surface area contributed by atoms with Crippen molar-refractivity contribution >= 4 is 18.0 Å². The summed E-state index contributed by atoms with van der Waals surface area (Å²) in [4.78, 5) is 13.7. The Morgan fingerprint density at radius 2 is 1.88 bits per heavy atom. The molecule has 1 saturated carbocycles. The second-order valence-electron chi connectivity index (χ2n) is 12.1. The molecule has 3 aliphatic rings. The van der Waals surface area contributed by atoms with Crippen LogP contribution in [0.3, 0.4) is 0 Å². The van der Waals surface area contributed by atoms with Crippen LogP contribution in [-0.4, -0.2) is 37.4 Å². The van der Waals surface area contributed by atoms with E-state index in [1.54, 1.807) is 0 Å². The number of carbonyl (C=O) groups excluding carboxylic acids is 1. The molecule has 3 aromatic rings. The molecule has 1 heterocycles. The molecule has 2 fully saturated rings. The van der Waals surface area contributed by atoms with E-state index in [0.717, 1.165) is 31.4 Å². The molecule has 0 radical (unpaired) electrons. The summed E-state index contributed by atoms with van der Waals surface area (Å²) in [5.41, 5.74) is 10.2. The van der Waals surface area contributed by atoms with Crippen LogP contribution in [0.1, 0.15) is 89.5 Å². The Balaban J connectivity index is 0.000000248. The highest BCUT2D eigenvalue weighted by atomic mass is 16.1. The van der Waals surface area contributed by atoms with Crippen LogP contribution in [0.5, 0.6) is 0 Å². The molecule has 0 bridgehead atoms. The number of hydrogen-bond donors (Lipinski definition) is 1. The van der Waals surface area contributed by atoms with Crippen LogP contribution in [0.15, 0.2) is 85.0 Å². The van der Waals surface area contributed by atoms with E-state index in [9.17, 15) is 4.79 Å². The van der Waals surface area contributed by atoms with Gasteiger partial charge in [-0.05, 0) is 96.0 Å². The molecular weight excluding hydrogens is 488 g/mol. The lowest BCUT2D eigenvalue weighted by Gasteiger charge is -2.43. The van der Waals surface area contributed by atoms with Crippen molar-refractivity contribution in [2.75, 3.05) is 25.5 Å². The van der Waals surface area contributed by atoms with Gasteiger partial charge in [-0.2, -0.15) is 0 Å². The van der Waals surface area contributed by atoms with Gasteiger partial charge in [0.25, 0.3) is 0 Å². The van der Waals surface area contributed by atoms with E-state index in [1.165, 1.54) is 58.3 Å². The molecule has 1 N–H and O–H groups in total. The van der Waals surface area contributed by atoms with E-state index in [-0.39, 0.29) is 5.41 Å². The zero-order valence-corrected chi connectivity index (χ0v) is 24.6. The van der Waals surface area contributed by atoms with Crippen LogP contribution in [0.25, 0.3) is 6.08 Å². The maximum absolute atomic E-state index is 11.0. The number of rotatable bonds is 5. The first-order valence-electron chi connectivity index (χ1n) is 14.9. The molecule has 1 saturated heterocycles. The standard InChI is InChI=1S/C27H29NO.C10H15N/c1-19-15-21(18-29)7-10-25(19)23-8-9-24(16-23)28-14-13-27(20(2)17-28)12-11-22-5-3-4-6-26(22)27;1-8(2)9-5-4-6-10(7-9)11-3/h3-7,10-12,15,18,23-24H,2,8-9,13-14,16-17H2,1H3;4-8,11H,1-3H3. The number of hydrogen-bond acceptors (Lipinski definition) is 3. The zero-order chi connectivity index (χ0) is 28.3. The SMILES string of the molecule is C=C1CN(C2CCC(c3ccc(C=O)cc3C)C2)CCC12C=Cc1ccccc12.CNc1cccc(C(C)C)c1. The Morgan fingerprint density at radius 3 is 2.60 bits per heavy atom. The molecule has 3 aromatic carbocycles. The number of aryl methyl sites for hydroxylation is 1. The van der Waals surface area contributed by atoms with E-state index in [0.29, 0.717) is 17.9 Å². The fraction of sp³-hybridized carbons (Fsp3) is 0.378. The fourth-order valence-electron chi connectivity index (χ4n) is 7.03. The Bertz CT molecular complexity index is 1400. The number of piperidine rings is 1. The van der Waals surface area contributed by atoms with Crippen LogP contribution in [0.4, 0.5) is 5.69 Å². The lowest BCUT2D eigenvalue weighted by atomic mass is 9.71. The molecule has 6 rings (SSSR count). The number of carbonyl (C=O) groups is 1. The number of benzene rings is 3. The number of nitrogens with zero attached hydrogens (tertiary/aromatic N) is 1. The maximum Gasteiger partial charge on any atom is 0.150 e. The molecule has 3 atom stereocenters. The van der Waals surface area contributed by atoms with Crippen molar-refractivity contribution < 1.29 is 4.79 Å². The molecule has 1 aliphatic heterocycles. The molecular formula is C37H44N2O. The first kappa shape index (κ1) is 28.1. The topological polar surface area (TPSA) is 32.3 Å². The summed E-state index contributed by atoms with van der Waals surface area (Å²) >= 11 is 0. The van der Waals surface area contributed by atoms with Crippen molar-refractivity contribution in [3.8, 4) is 0 Å². The molecule has 1 spiro atoms. The van der Waals surface area contributed by atoms with Gasteiger partial charge >= 0.3 is 0 Å². The van der Waals surface area contributed by atoms with Gasteiger partial charge in [-0.15, -0.1) is 0 Å². The van der Waals surface area contributed by atoms with Gasteiger partial charge in [-0.1, -0.05) is 81.1 Å². The summed E-state index contributed by atoms with van der Waals surface area (Å²) in [5, 5.41) is 3.12. The van der Waals surface area contributed by atoms with Crippen molar-refractivity contribution in [2.24, 2.45) is 0 Å². The summed E-state index contributed by atoms with van der Waals surface area (Å²) in [7, 11) is 1.94. The Morgan fingerprint density at radius 1 is 1.05 bits per heavy atom. The molecule has 208 valence electrons. The minimum Gasteiger partial charge on any atom is -0.388 e. The lowest BCUT2D eigenvalue weighted by Crippen LogP contribution is -2.46. The molecule has 0 aromatic heterocycles. The van der Waals surface area contributed by atoms with Gasteiger partial charge < -0.3 is 5.32 Å². The van der Waals surface area contributed by atoms with E-state index in [4.69, 9.17) is 0 Å². The molecule has 0 amide bonds. The first-order valence-corrected chi connectivity index (χ1v) is 14.9. The Kier molecular flexibility index (Phi) is 8.42. The van der Waals surface area contributed by atoms with Gasteiger partial charge in [0.1, 0.15) is 6.29 Å². The van der Waals surface area contributed by atoms with E-state index in [1.807, 2.05) is 19.2 Å². The van der Waals surface area contributed by atoms with Crippen LogP contribution in [0, 0.1) is 6.92 Å². The Labute approximate surface area is 241 Å². The summed E-state index contributed by atoms with van der Waals surface area (Å²) in [6.45, 7) is 13.2. The number of nitrogens with one attached hydrogen (secondary N) is 1. The normalized spacial score (nSPS) is 23.7. The Hall–Kier alpha value is -3.43. The molecule has 3 unspecified atom stereocenters. The second-order valence-corrected chi connectivity index (χ2v) is 12.1. The quantitative estimate of drug-likeness (QED) is 0.264. The van der Waals surface area contributed by atoms with Crippen LogP contribution in [0.2, 0.25) is 0 Å².